The van der Waals surface area contributed by atoms with E-state index in [4.69, 9.17) is 4.89 Å². The van der Waals surface area contributed by atoms with Crippen molar-refractivity contribution in [1.29, 1.82) is 0 Å². The first-order valence-corrected chi connectivity index (χ1v) is 7.36. The Morgan fingerprint density at radius 3 is 1.58 bits per heavy atom. The van der Waals surface area contributed by atoms with Crippen LogP contribution in [-0.4, -0.2) is 16.2 Å². The Balaban J connectivity index is 2.18. The average molecular weight is 321 g/mol. The maximum Gasteiger partial charge on any atom is 0.121 e. The minimum absolute atomic E-state index is 0.570. The van der Waals surface area contributed by atoms with Gasteiger partial charge in [0.05, 0.1) is 0 Å². The Bertz CT molecular complexity index is 437. The van der Waals surface area contributed by atoms with Crippen LogP contribution in [0.4, 0.5) is 0 Å². The fourth-order valence-corrected chi connectivity index (χ4v) is 2.68. The maximum absolute atomic E-state index is 9.37. The molecule has 0 aliphatic heterocycles. The van der Waals surface area contributed by atoms with E-state index in [2.05, 4.69) is 15.9 Å². The Morgan fingerprint density at radius 1 is 0.842 bits per heavy atom. The minimum Gasteiger partial charge on any atom is -0.251 e. The van der Waals surface area contributed by atoms with Crippen LogP contribution in [0.15, 0.2) is 60.7 Å². The highest BCUT2D eigenvalue weighted by atomic mass is 79.9. The predicted octanol–water partition coefficient (Wildman–Crippen LogP) is 4.10. The second kappa shape index (κ2) is 6.85. The van der Waals surface area contributed by atoms with Crippen LogP contribution in [0.3, 0.4) is 0 Å². The average Bonchev–Trinajstić information content (AvgIpc) is 2.48. The van der Waals surface area contributed by atoms with Gasteiger partial charge in [-0.25, -0.2) is 4.89 Å². The molecule has 0 heterocycles. The fourth-order valence-electron chi connectivity index (χ4n) is 2.18. The summed E-state index contributed by atoms with van der Waals surface area (Å²) < 4.78 is 0. The Morgan fingerprint density at radius 2 is 1.26 bits per heavy atom. The molecule has 3 heteroatoms. The third-order valence-electron chi connectivity index (χ3n) is 3.18. The molecule has 0 aromatic heterocycles. The zero-order chi connectivity index (χ0) is 13.6. The summed E-state index contributed by atoms with van der Waals surface area (Å²) in [6.07, 6.45) is 1.31. The van der Waals surface area contributed by atoms with Crippen LogP contribution in [0.25, 0.3) is 0 Å². The standard InChI is InChI=1S/C16H17BrO2/c17-13-16(19-18,11-14-7-3-1-4-8-14)12-15-9-5-2-6-10-15/h1-10,18H,11-13H2. The molecule has 0 saturated carbocycles. The lowest BCUT2D eigenvalue weighted by Gasteiger charge is -2.28. The minimum atomic E-state index is -0.636. The summed E-state index contributed by atoms with van der Waals surface area (Å²) in [6.45, 7) is 0. The second-order valence-corrected chi connectivity index (χ2v) is 5.29. The molecule has 0 unspecified atom stereocenters. The van der Waals surface area contributed by atoms with E-state index in [-0.39, 0.29) is 0 Å². The molecule has 2 aromatic carbocycles. The first-order chi connectivity index (χ1) is 9.28. The molecule has 0 aliphatic carbocycles. The number of rotatable bonds is 6. The third kappa shape index (κ3) is 3.90. The van der Waals surface area contributed by atoms with Gasteiger partial charge in [-0.05, 0) is 11.1 Å². The van der Waals surface area contributed by atoms with Crippen molar-refractivity contribution in [3.05, 3.63) is 71.8 Å². The molecule has 2 rings (SSSR count). The van der Waals surface area contributed by atoms with Crippen molar-refractivity contribution in [2.24, 2.45) is 0 Å². The first kappa shape index (κ1) is 14.3. The molecule has 0 radical (unpaired) electrons. The van der Waals surface area contributed by atoms with Crippen molar-refractivity contribution in [3.8, 4) is 0 Å². The number of hydrogen-bond donors (Lipinski definition) is 1. The Labute approximate surface area is 122 Å². The van der Waals surface area contributed by atoms with Crippen LogP contribution < -0.4 is 0 Å². The van der Waals surface area contributed by atoms with Crippen LogP contribution in [0.2, 0.25) is 0 Å². The highest BCUT2D eigenvalue weighted by molar-refractivity contribution is 9.09. The summed E-state index contributed by atoms with van der Waals surface area (Å²) in [7, 11) is 0. The van der Waals surface area contributed by atoms with Crippen LogP contribution in [0.5, 0.6) is 0 Å². The Hall–Kier alpha value is -1.16. The molecule has 19 heavy (non-hydrogen) atoms. The summed E-state index contributed by atoms with van der Waals surface area (Å²) >= 11 is 3.46. The van der Waals surface area contributed by atoms with Crippen LogP contribution in [0, 0.1) is 0 Å². The van der Waals surface area contributed by atoms with E-state index in [9.17, 15) is 5.26 Å². The van der Waals surface area contributed by atoms with Gasteiger partial charge in [-0.3, -0.25) is 5.26 Å². The SMILES string of the molecule is OOC(CBr)(Cc1ccccc1)Cc1ccccc1. The molecule has 0 fully saturated rings. The summed E-state index contributed by atoms with van der Waals surface area (Å²) in [6, 6.07) is 20.1. The molecule has 2 aromatic rings. The zero-order valence-corrected chi connectivity index (χ0v) is 12.2. The van der Waals surface area contributed by atoms with Crippen LogP contribution >= 0.6 is 15.9 Å². The van der Waals surface area contributed by atoms with Crippen molar-refractivity contribution in [2.75, 3.05) is 5.33 Å². The van der Waals surface area contributed by atoms with Crippen LogP contribution in [0.1, 0.15) is 11.1 Å². The predicted molar refractivity (Wildman–Crippen MR) is 80.5 cm³/mol. The van der Waals surface area contributed by atoms with Gasteiger partial charge in [-0.15, -0.1) is 0 Å². The fraction of sp³-hybridized carbons (Fsp3) is 0.250. The quantitative estimate of drug-likeness (QED) is 0.493. The van der Waals surface area contributed by atoms with Crippen molar-refractivity contribution >= 4 is 15.9 Å². The summed E-state index contributed by atoms with van der Waals surface area (Å²) in [5.74, 6) is 0. The van der Waals surface area contributed by atoms with Crippen molar-refractivity contribution in [1.82, 2.24) is 0 Å². The summed E-state index contributed by atoms with van der Waals surface area (Å²) in [4.78, 5) is 4.85. The van der Waals surface area contributed by atoms with E-state index in [0.29, 0.717) is 18.2 Å². The largest absolute Gasteiger partial charge is 0.251 e. The van der Waals surface area contributed by atoms with Crippen LogP contribution in [-0.2, 0) is 17.7 Å². The lowest BCUT2D eigenvalue weighted by atomic mass is 9.90. The molecule has 0 saturated heterocycles. The van der Waals surface area contributed by atoms with E-state index in [1.807, 2.05) is 60.7 Å². The van der Waals surface area contributed by atoms with Gasteiger partial charge in [0.15, 0.2) is 0 Å². The molecular formula is C16H17BrO2. The zero-order valence-electron chi connectivity index (χ0n) is 10.6. The monoisotopic (exact) mass is 320 g/mol. The van der Waals surface area contributed by atoms with E-state index >= 15 is 0 Å². The summed E-state index contributed by atoms with van der Waals surface area (Å²) in [5, 5.41) is 9.94. The van der Waals surface area contributed by atoms with E-state index < -0.39 is 5.60 Å². The normalized spacial score (nSPS) is 11.5. The molecule has 0 atom stereocenters. The number of alkyl halides is 1. The highest BCUT2D eigenvalue weighted by Gasteiger charge is 2.31. The third-order valence-corrected chi connectivity index (χ3v) is 4.20. The molecule has 2 nitrogen and oxygen atoms in total. The molecule has 0 spiro atoms. The molecular weight excluding hydrogens is 304 g/mol. The lowest BCUT2D eigenvalue weighted by Crippen LogP contribution is -2.38. The molecule has 0 aliphatic rings. The van der Waals surface area contributed by atoms with Gasteiger partial charge in [0, 0.05) is 18.2 Å². The van der Waals surface area contributed by atoms with Crippen molar-refractivity contribution in [3.63, 3.8) is 0 Å². The first-order valence-electron chi connectivity index (χ1n) is 6.24. The number of benzene rings is 2. The molecule has 0 amide bonds. The lowest BCUT2D eigenvalue weighted by molar-refractivity contribution is -0.315. The van der Waals surface area contributed by atoms with Gasteiger partial charge >= 0.3 is 0 Å². The van der Waals surface area contributed by atoms with Gasteiger partial charge in [0.1, 0.15) is 5.60 Å². The maximum atomic E-state index is 9.37. The Kier molecular flexibility index (Phi) is 5.14. The van der Waals surface area contributed by atoms with Crippen molar-refractivity contribution < 1.29 is 10.1 Å². The van der Waals surface area contributed by atoms with Gasteiger partial charge in [-0.2, -0.15) is 0 Å². The second-order valence-electron chi connectivity index (χ2n) is 4.73. The molecule has 1 N–H and O–H groups in total. The van der Waals surface area contributed by atoms with Crippen molar-refractivity contribution in [2.45, 2.75) is 18.4 Å². The number of halogens is 1. The van der Waals surface area contributed by atoms with Gasteiger partial charge in [-0.1, -0.05) is 76.6 Å². The number of hydrogen-bond acceptors (Lipinski definition) is 2. The van der Waals surface area contributed by atoms with E-state index in [0.717, 1.165) is 11.1 Å². The highest BCUT2D eigenvalue weighted by Crippen LogP contribution is 2.24. The van der Waals surface area contributed by atoms with Gasteiger partial charge in [0.25, 0.3) is 0 Å². The van der Waals surface area contributed by atoms with Gasteiger partial charge in [0.2, 0.25) is 0 Å². The van der Waals surface area contributed by atoms with Gasteiger partial charge < -0.3 is 0 Å². The van der Waals surface area contributed by atoms with E-state index in [1.54, 1.807) is 0 Å². The molecule has 100 valence electrons. The summed E-state index contributed by atoms with van der Waals surface area (Å²) in [5.41, 5.74) is 1.65. The smallest absolute Gasteiger partial charge is 0.121 e. The molecule has 0 bridgehead atoms. The van der Waals surface area contributed by atoms with E-state index in [1.165, 1.54) is 0 Å². The topological polar surface area (TPSA) is 29.5 Å².